The van der Waals surface area contributed by atoms with Gasteiger partial charge in [0.05, 0.1) is 25.3 Å². The van der Waals surface area contributed by atoms with Crippen LogP contribution in [0.3, 0.4) is 0 Å². The Hall–Kier alpha value is -2.08. The van der Waals surface area contributed by atoms with Gasteiger partial charge in [0.2, 0.25) is 5.91 Å². The van der Waals surface area contributed by atoms with Gasteiger partial charge < -0.3 is 15.8 Å². The first-order chi connectivity index (χ1) is 9.58. The molecule has 3 N–H and O–H groups in total. The summed E-state index contributed by atoms with van der Waals surface area (Å²) in [4.78, 5) is 16.0. The molecular formula is C14H17N3O2S. The molecule has 0 aliphatic heterocycles. The topological polar surface area (TPSA) is 77.2 Å². The van der Waals surface area contributed by atoms with Crippen molar-refractivity contribution in [2.24, 2.45) is 0 Å². The summed E-state index contributed by atoms with van der Waals surface area (Å²) in [5.74, 6) is 0.726. The number of ether oxygens (including phenoxy) is 1. The predicted octanol–water partition coefficient (Wildman–Crippen LogP) is 2.15. The van der Waals surface area contributed by atoms with E-state index in [4.69, 9.17) is 10.5 Å². The molecule has 0 aliphatic carbocycles. The Bertz CT molecular complexity index is 580. The lowest BCUT2D eigenvalue weighted by Crippen LogP contribution is -2.28. The van der Waals surface area contributed by atoms with Crippen molar-refractivity contribution in [2.45, 2.75) is 19.4 Å². The van der Waals surface area contributed by atoms with E-state index >= 15 is 0 Å². The van der Waals surface area contributed by atoms with Crippen molar-refractivity contribution in [2.75, 3.05) is 12.8 Å². The minimum atomic E-state index is -0.0707. The summed E-state index contributed by atoms with van der Waals surface area (Å²) in [5, 5.41) is 5.22. The SMILES string of the molecule is COc1ccc([C@@H](C)NC(=O)Cc2csc(N)n2)cc1. The number of hydrogen-bond donors (Lipinski definition) is 2. The molecular weight excluding hydrogens is 274 g/mol. The molecule has 0 unspecified atom stereocenters. The zero-order chi connectivity index (χ0) is 14.5. The van der Waals surface area contributed by atoms with Gasteiger partial charge in [0, 0.05) is 5.38 Å². The molecule has 1 amide bonds. The highest BCUT2D eigenvalue weighted by Gasteiger charge is 2.11. The molecule has 5 nitrogen and oxygen atoms in total. The Labute approximate surface area is 121 Å². The van der Waals surface area contributed by atoms with E-state index in [1.54, 1.807) is 12.5 Å². The van der Waals surface area contributed by atoms with Gasteiger partial charge in [0.15, 0.2) is 5.13 Å². The quantitative estimate of drug-likeness (QED) is 0.885. The number of hydrogen-bond acceptors (Lipinski definition) is 5. The van der Waals surface area contributed by atoms with E-state index in [2.05, 4.69) is 10.3 Å². The molecule has 0 saturated carbocycles. The Balaban J connectivity index is 1.92. The maximum absolute atomic E-state index is 11.9. The van der Waals surface area contributed by atoms with E-state index < -0.39 is 0 Å². The van der Waals surface area contributed by atoms with Crippen LogP contribution in [0.2, 0.25) is 0 Å². The van der Waals surface area contributed by atoms with Crippen LogP contribution < -0.4 is 15.8 Å². The number of thiazole rings is 1. The van der Waals surface area contributed by atoms with Gasteiger partial charge in [0.25, 0.3) is 0 Å². The molecule has 0 radical (unpaired) electrons. The lowest BCUT2D eigenvalue weighted by Gasteiger charge is -2.14. The molecule has 20 heavy (non-hydrogen) atoms. The van der Waals surface area contributed by atoms with E-state index in [1.165, 1.54) is 11.3 Å². The number of benzene rings is 1. The molecule has 2 aromatic rings. The summed E-state index contributed by atoms with van der Waals surface area (Å²) >= 11 is 1.34. The Morgan fingerprint density at radius 1 is 1.45 bits per heavy atom. The van der Waals surface area contributed by atoms with Crippen molar-refractivity contribution in [3.8, 4) is 5.75 Å². The first-order valence-corrected chi connectivity index (χ1v) is 7.09. The second-order valence-electron chi connectivity index (χ2n) is 4.42. The van der Waals surface area contributed by atoms with Crippen LogP contribution in [0.15, 0.2) is 29.6 Å². The van der Waals surface area contributed by atoms with Gasteiger partial charge in [0.1, 0.15) is 5.75 Å². The molecule has 0 aliphatic rings. The number of aromatic nitrogens is 1. The Kier molecular flexibility index (Phi) is 4.57. The van der Waals surface area contributed by atoms with Gasteiger partial charge >= 0.3 is 0 Å². The first kappa shape index (κ1) is 14.3. The van der Waals surface area contributed by atoms with Gasteiger partial charge in [-0.1, -0.05) is 12.1 Å². The zero-order valence-corrected chi connectivity index (χ0v) is 12.2. The van der Waals surface area contributed by atoms with Crippen LogP contribution in [0, 0.1) is 0 Å². The summed E-state index contributed by atoms with van der Waals surface area (Å²) in [6, 6.07) is 7.55. The number of rotatable bonds is 5. The summed E-state index contributed by atoms with van der Waals surface area (Å²) in [5.41, 5.74) is 7.26. The van der Waals surface area contributed by atoms with Gasteiger partial charge in [-0.3, -0.25) is 4.79 Å². The average molecular weight is 291 g/mol. The molecule has 0 fully saturated rings. The zero-order valence-electron chi connectivity index (χ0n) is 11.4. The summed E-state index contributed by atoms with van der Waals surface area (Å²) < 4.78 is 5.11. The fourth-order valence-electron chi connectivity index (χ4n) is 1.84. The van der Waals surface area contributed by atoms with Gasteiger partial charge in [-0.25, -0.2) is 4.98 Å². The van der Waals surface area contributed by atoms with Crippen LogP contribution in [0.5, 0.6) is 5.75 Å². The Morgan fingerprint density at radius 2 is 2.15 bits per heavy atom. The van der Waals surface area contributed by atoms with Crippen molar-refractivity contribution < 1.29 is 9.53 Å². The van der Waals surface area contributed by atoms with Crippen LogP contribution in [0.4, 0.5) is 5.13 Å². The van der Waals surface area contributed by atoms with Gasteiger partial charge in [-0.2, -0.15) is 0 Å². The van der Waals surface area contributed by atoms with E-state index in [0.717, 1.165) is 11.3 Å². The number of nitrogen functional groups attached to an aromatic ring is 1. The number of nitrogens with zero attached hydrogens (tertiary/aromatic N) is 1. The highest BCUT2D eigenvalue weighted by molar-refractivity contribution is 7.13. The third kappa shape index (κ3) is 3.71. The van der Waals surface area contributed by atoms with E-state index in [9.17, 15) is 4.79 Å². The van der Waals surface area contributed by atoms with Crippen LogP contribution >= 0.6 is 11.3 Å². The van der Waals surface area contributed by atoms with Crippen molar-refractivity contribution in [3.63, 3.8) is 0 Å². The molecule has 106 valence electrons. The summed E-state index contributed by atoms with van der Waals surface area (Å²) in [6.45, 7) is 1.94. The molecule has 6 heteroatoms. The second kappa shape index (κ2) is 6.38. The molecule has 1 aromatic carbocycles. The van der Waals surface area contributed by atoms with E-state index in [1.807, 2.05) is 31.2 Å². The molecule has 0 spiro atoms. The number of nitrogens with two attached hydrogens (primary N) is 1. The summed E-state index contributed by atoms with van der Waals surface area (Å²) in [7, 11) is 1.62. The first-order valence-electron chi connectivity index (χ1n) is 6.21. The molecule has 0 bridgehead atoms. The van der Waals surface area contributed by atoms with Crippen LogP contribution in [0.25, 0.3) is 0 Å². The maximum Gasteiger partial charge on any atom is 0.226 e. The van der Waals surface area contributed by atoms with E-state index in [0.29, 0.717) is 10.8 Å². The lowest BCUT2D eigenvalue weighted by atomic mass is 10.1. The molecule has 1 heterocycles. The number of nitrogens with one attached hydrogen (secondary N) is 1. The van der Waals surface area contributed by atoms with Crippen molar-refractivity contribution in [3.05, 3.63) is 40.9 Å². The van der Waals surface area contributed by atoms with Gasteiger partial charge in [-0.15, -0.1) is 11.3 Å². The number of carbonyl (C=O) groups is 1. The Morgan fingerprint density at radius 3 is 2.70 bits per heavy atom. The van der Waals surface area contributed by atoms with Crippen molar-refractivity contribution in [1.29, 1.82) is 0 Å². The van der Waals surface area contributed by atoms with Crippen molar-refractivity contribution >= 4 is 22.4 Å². The number of carbonyl (C=O) groups excluding carboxylic acids is 1. The molecule has 1 atom stereocenters. The van der Waals surface area contributed by atoms with Gasteiger partial charge in [-0.05, 0) is 24.6 Å². The number of anilines is 1. The third-order valence-corrected chi connectivity index (χ3v) is 3.63. The predicted molar refractivity (Wildman–Crippen MR) is 79.8 cm³/mol. The van der Waals surface area contributed by atoms with Crippen LogP contribution in [-0.4, -0.2) is 18.0 Å². The van der Waals surface area contributed by atoms with Crippen LogP contribution in [0.1, 0.15) is 24.2 Å². The highest BCUT2D eigenvalue weighted by atomic mass is 32.1. The minimum absolute atomic E-state index is 0.0654. The van der Waals surface area contributed by atoms with Crippen LogP contribution in [-0.2, 0) is 11.2 Å². The highest BCUT2D eigenvalue weighted by Crippen LogP contribution is 2.17. The fourth-order valence-corrected chi connectivity index (χ4v) is 2.40. The molecule has 1 aromatic heterocycles. The smallest absolute Gasteiger partial charge is 0.226 e. The van der Waals surface area contributed by atoms with Crippen molar-refractivity contribution in [1.82, 2.24) is 10.3 Å². The fraction of sp³-hybridized carbons (Fsp3) is 0.286. The monoisotopic (exact) mass is 291 g/mol. The maximum atomic E-state index is 11.9. The third-order valence-electron chi connectivity index (χ3n) is 2.90. The number of methoxy groups -OCH3 is 1. The minimum Gasteiger partial charge on any atom is -0.497 e. The largest absolute Gasteiger partial charge is 0.497 e. The standard InChI is InChI=1S/C14H17N3O2S/c1-9(10-3-5-12(19-2)6-4-10)16-13(18)7-11-8-20-14(15)17-11/h3-6,8-9H,7H2,1-2H3,(H2,15,17)(H,16,18)/t9-/m1/s1. The second-order valence-corrected chi connectivity index (χ2v) is 5.31. The normalized spacial score (nSPS) is 11.9. The lowest BCUT2D eigenvalue weighted by molar-refractivity contribution is -0.121. The number of amides is 1. The average Bonchev–Trinajstić information content (AvgIpc) is 2.84. The summed E-state index contributed by atoms with van der Waals surface area (Å²) in [6.07, 6.45) is 0.244. The molecule has 0 saturated heterocycles. The molecule has 2 rings (SSSR count). The van der Waals surface area contributed by atoms with E-state index in [-0.39, 0.29) is 18.4 Å².